The van der Waals surface area contributed by atoms with Gasteiger partial charge in [0.2, 0.25) is 5.91 Å². The molecule has 1 aliphatic heterocycles. The van der Waals surface area contributed by atoms with Gasteiger partial charge in [0.25, 0.3) is 0 Å². The van der Waals surface area contributed by atoms with Gasteiger partial charge in [-0.3, -0.25) is 9.89 Å². The first-order valence-electron chi connectivity index (χ1n) is 10.7. The van der Waals surface area contributed by atoms with Crippen molar-refractivity contribution in [2.45, 2.75) is 26.2 Å². The lowest BCUT2D eigenvalue weighted by Crippen LogP contribution is -2.57. The number of hydrogen-bond donors (Lipinski definition) is 1. The standard InChI is InChI=1S/C24H21ClF2N6O/c1-4-18(34)32-9-13(3)33(17(26)10-32)24-15-7-16(25)20(21(27)23(15)28-11-29-24)19-12(2)5-6-14-8-30-31-22(14)19/h4-8,11,13,17H,1,9-10H2,2-3H3,(H,30,31)/t13-,17-/m1/s1. The van der Waals surface area contributed by atoms with Gasteiger partial charge >= 0.3 is 0 Å². The number of nitrogens with one attached hydrogen (secondary N) is 1. The van der Waals surface area contributed by atoms with E-state index in [9.17, 15) is 4.79 Å². The van der Waals surface area contributed by atoms with E-state index in [2.05, 4.69) is 26.7 Å². The number of H-pyrrole nitrogens is 1. The third kappa shape index (κ3) is 3.38. The minimum absolute atomic E-state index is 0.0318. The van der Waals surface area contributed by atoms with Crippen LogP contribution in [0.3, 0.4) is 0 Å². The van der Waals surface area contributed by atoms with Crippen LogP contribution >= 0.6 is 11.6 Å². The maximum atomic E-state index is 16.0. The topological polar surface area (TPSA) is 78.0 Å². The highest BCUT2D eigenvalue weighted by atomic mass is 35.5. The van der Waals surface area contributed by atoms with Crippen LogP contribution in [0.5, 0.6) is 0 Å². The van der Waals surface area contributed by atoms with E-state index >= 15 is 8.78 Å². The molecule has 1 saturated heterocycles. The SMILES string of the molecule is C=CC(=O)N1C[C@@H](C)N(c2ncnc3c(F)c(-c4c(C)ccc5cn[nH]c45)c(Cl)cc23)[C@@H](F)C1. The van der Waals surface area contributed by atoms with Crippen LogP contribution in [0.4, 0.5) is 14.6 Å². The Hall–Kier alpha value is -3.59. The summed E-state index contributed by atoms with van der Waals surface area (Å²) < 4.78 is 31.3. The Morgan fingerprint density at radius 1 is 1.29 bits per heavy atom. The second-order valence-corrected chi connectivity index (χ2v) is 8.78. The fraction of sp³-hybridized carbons (Fsp3) is 0.250. The molecule has 2 aromatic heterocycles. The Morgan fingerprint density at radius 2 is 2.09 bits per heavy atom. The van der Waals surface area contributed by atoms with Crippen molar-refractivity contribution in [2.24, 2.45) is 0 Å². The van der Waals surface area contributed by atoms with Crippen LogP contribution < -0.4 is 4.90 Å². The van der Waals surface area contributed by atoms with Crippen LogP contribution in [0.2, 0.25) is 5.02 Å². The van der Waals surface area contributed by atoms with Gasteiger partial charge in [0, 0.05) is 34.5 Å². The van der Waals surface area contributed by atoms with E-state index in [1.54, 1.807) is 19.2 Å². The quantitative estimate of drug-likeness (QED) is 0.335. The van der Waals surface area contributed by atoms with Crippen molar-refractivity contribution in [3.63, 3.8) is 0 Å². The van der Waals surface area contributed by atoms with Gasteiger partial charge in [0.05, 0.1) is 23.3 Å². The number of benzene rings is 2. The molecular formula is C24H21ClF2N6O. The van der Waals surface area contributed by atoms with Gasteiger partial charge in [0.15, 0.2) is 12.1 Å². The summed E-state index contributed by atoms with van der Waals surface area (Å²) in [5, 5.41) is 8.25. The molecule has 0 unspecified atom stereocenters. The van der Waals surface area contributed by atoms with Crippen LogP contribution in [0.1, 0.15) is 12.5 Å². The first-order chi connectivity index (χ1) is 16.3. The summed E-state index contributed by atoms with van der Waals surface area (Å²) in [6.45, 7) is 7.22. The van der Waals surface area contributed by atoms with Crippen molar-refractivity contribution in [2.75, 3.05) is 18.0 Å². The molecule has 4 aromatic rings. The number of hydrogen-bond acceptors (Lipinski definition) is 5. The molecule has 174 valence electrons. The fourth-order valence-corrected chi connectivity index (χ4v) is 4.96. The molecule has 0 bridgehead atoms. The summed E-state index contributed by atoms with van der Waals surface area (Å²) >= 11 is 6.64. The molecule has 7 nitrogen and oxygen atoms in total. The molecule has 1 N–H and O–H groups in total. The van der Waals surface area contributed by atoms with Crippen LogP contribution in [0.25, 0.3) is 32.9 Å². The number of rotatable bonds is 3. The van der Waals surface area contributed by atoms with Crippen molar-refractivity contribution >= 4 is 45.1 Å². The maximum Gasteiger partial charge on any atom is 0.246 e. The molecule has 10 heteroatoms. The van der Waals surface area contributed by atoms with Gasteiger partial charge in [0.1, 0.15) is 17.7 Å². The molecule has 34 heavy (non-hydrogen) atoms. The van der Waals surface area contributed by atoms with Crippen molar-refractivity contribution in [1.29, 1.82) is 0 Å². The summed E-state index contributed by atoms with van der Waals surface area (Å²) in [4.78, 5) is 23.3. The third-order valence-electron chi connectivity index (χ3n) is 6.24. The molecule has 3 heterocycles. The lowest BCUT2D eigenvalue weighted by molar-refractivity contribution is -0.128. The summed E-state index contributed by atoms with van der Waals surface area (Å²) in [5.74, 6) is -0.747. The predicted molar refractivity (Wildman–Crippen MR) is 128 cm³/mol. The van der Waals surface area contributed by atoms with Crippen LogP contribution in [-0.2, 0) is 4.79 Å². The summed E-state index contributed by atoms with van der Waals surface area (Å²) in [5.41, 5.74) is 2.29. The zero-order valence-electron chi connectivity index (χ0n) is 18.5. The van der Waals surface area contributed by atoms with Crippen molar-refractivity contribution in [3.05, 3.63) is 59.8 Å². The average molecular weight is 483 g/mol. The summed E-state index contributed by atoms with van der Waals surface area (Å²) in [6, 6.07) is 4.91. The Kier molecular flexibility index (Phi) is 5.44. The molecule has 1 amide bonds. The number of nitrogens with zero attached hydrogens (tertiary/aromatic N) is 5. The van der Waals surface area contributed by atoms with Gasteiger partial charge in [-0.15, -0.1) is 0 Å². The van der Waals surface area contributed by atoms with E-state index in [-0.39, 0.29) is 40.9 Å². The van der Waals surface area contributed by atoms with E-state index in [1.807, 2.05) is 19.1 Å². The molecule has 0 radical (unpaired) electrons. The lowest BCUT2D eigenvalue weighted by atomic mass is 9.96. The molecule has 0 aliphatic carbocycles. The van der Waals surface area contributed by atoms with Gasteiger partial charge < -0.3 is 9.80 Å². The Labute approximate surface area is 199 Å². The first kappa shape index (κ1) is 22.2. The number of halogens is 3. The normalized spacial score (nSPS) is 18.6. The minimum Gasteiger partial charge on any atom is -0.332 e. The second-order valence-electron chi connectivity index (χ2n) is 8.37. The molecule has 0 saturated carbocycles. The van der Waals surface area contributed by atoms with Crippen LogP contribution in [0, 0.1) is 12.7 Å². The number of aryl methyl sites for hydroxylation is 1. The number of aromatic amines is 1. The molecule has 2 atom stereocenters. The highest BCUT2D eigenvalue weighted by Gasteiger charge is 2.36. The third-order valence-corrected chi connectivity index (χ3v) is 6.54. The van der Waals surface area contributed by atoms with Crippen molar-refractivity contribution in [3.8, 4) is 11.1 Å². The number of anilines is 1. The zero-order valence-corrected chi connectivity index (χ0v) is 19.3. The van der Waals surface area contributed by atoms with Gasteiger partial charge in [-0.25, -0.2) is 18.7 Å². The Morgan fingerprint density at radius 3 is 2.82 bits per heavy atom. The van der Waals surface area contributed by atoms with Crippen LogP contribution in [-0.4, -0.2) is 56.4 Å². The largest absolute Gasteiger partial charge is 0.332 e. The van der Waals surface area contributed by atoms with E-state index in [4.69, 9.17) is 11.6 Å². The zero-order chi connectivity index (χ0) is 24.1. The number of amides is 1. The highest BCUT2D eigenvalue weighted by molar-refractivity contribution is 6.35. The molecule has 5 rings (SSSR count). The maximum absolute atomic E-state index is 16.0. The van der Waals surface area contributed by atoms with E-state index < -0.39 is 18.2 Å². The number of carbonyl (C=O) groups is 1. The molecule has 0 spiro atoms. The summed E-state index contributed by atoms with van der Waals surface area (Å²) in [7, 11) is 0. The number of fused-ring (bicyclic) bond motifs is 2. The predicted octanol–water partition coefficient (Wildman–Crippen LogP) is 4.79. The van der Waals surface area contributed by atoms with Gasteiger partial charge in [-0.2, -0.15) is 5.10 Å². The Balaban J connectivity index is 1.67. The molecule has 2 aromatic carbocycles. The van der Waals surface area contributed by atoms with Gasteiger partial charge in [-0.1, -0.05) is 30.3 Å². The highest BCUT2D eigenvalue weighted by Crippen LogP contribution is 2.42. The van der Waals surface area contributed by atoms with E-state index in [0.717, 1.165) is 17.0 Å². The number of piperazine rings is 1. The number of carbonyl (C=O) groups excluding carboxylic acids is 1. The molecule has 1 aliphatic rings. The van der Waals surface area contributed by atoms with Crippen LogP contribution in [0.15, 0.2) is 43.4 Å². The number of alkyl halides is 1. The average Bonchev–Trinajstić information content (AvgIpc) is 3.28. The first-order valence-corrected chi connectivity index (χ1v) is 11.1. The monoisotopic (exact) mass is 482 g/mol. The molecular weight excluding hydrogens is 462 g/mol. The van der Waals surface area contributed by atoms with Gasteiger partial charge in [-0.05, 0) is 31.6 Å². The van der Waals surface area contributed by atoms with Crippen molar-refractivity contribution < 1.29 is 13.6 Å². The minimum atomic E-state index is -1.55. The van der Waals surface area contributed by atoms with E-state index in [1.165, 1.54) is 16.1 Å². The molecule has 1 fully saturated rings. The number of aromatic nitrogens is 4. The van der Waals surface area contributed by atoms with E-state index in [0.29, 0.717) is 16.5 Å². The Bertz CT molecular complexity index is 1440. The fourth-order valence-electron chi connectivity index (χ4n) is 4.67. The lowest BCUT2D eigenvalue weighted by Gasteiger charge is -2.42. The smallest absolute Gasteiger partial charge is 0.246 e. The second kappa shape index (κ2) is 8.32. The summed E-state index contributed by atoms with van der Waals surface area (Å²) in [6.07, 6.45) is 2.48. The van der Waals surface area contributed by atoms with Crippen molar-refractivity contribution in [1.82, 2.24) is 25.1 Å².